The van der Waals surface area contributed by atoms with Gasteiger partial charge in [-0.3, -0.25) is 0 Å². The molecule has 154 valence electrons. The first-order valence-electron chi connectivity index (χ1n) is 10.2. The lowest BCUT2D eigenvalue weighted by molar-refractivity contribution is 0.0163. The van der Waals surface area contributed by atoms with Gasteiger partial charge in [-0.05, 0) is 62.4 Å². The molecule has 1 fully saturated rings. The van der Waals surface area contributed by atoms with Crippen LogP contribution in [0.1, 0.15) is 68.4 Å². The quantitative estimate of drug-likeness (QED) is 0.702. The van der Waals surface area contributed by atoms with Crippen LogP contribution in [0.15, 0.2) is 48.5 Å². The number of hydrogen-bond acceptors (Lipinski definition) is 3. The summed E-state index contributed by atoms with van der Waals surface area (Å²) in [7, 11) is 0. The number of hydrogen-bond donors (Lipinski definition) is 1. The minimum absolute atomic E-state index is 0.00764. The van der Waals surface area contributed by atoms with E-state index in [1.165, 1.54) is 0 Å². The van der Waals surface area contributed by atoms with Gasteiger partial charge in [0.2, 0.25) is 0 Å². The Labute approximate surface area is 172 Å². The second kappa shape index (κ2) is 8.68. The predicted octanol–water partition coefficient (Wildman–Crippen LogP) is 5.90. The Hall–Kier alpha value is -2.82. The largest absolute Gasteiger partial charge is 0.478 e. The molecular formula is C24H29NO4. The van der Waals surface area contributed by atoms with Crippen LogP contribution < -0.4 is 0 Å². The number of rotatable bonds is 3. The van der Waals surface area contributed by atoms with E-state index in [1.807, 2.05) is 56.0 Å². The van der Waals surface area contributed by atoms with Crippen LogP contribution in [0.5, 0.6) is 0 Å². The number of aromatic carboxylic acids is 1. The Balaban J connectivity index is 1.85. The molecule has 1 aliphatic heterocycles. The van der Waals surface area contributed by atoms with Gasteiger partial charge in [-0.2, -0.15) is 0 Å². The average Bonchev–Trinajstić information content (AvgIpc) is 2.93. The van der Waals surface area contributed by atoms with E-state index in [-0.39, 0.29) is 17.7 Å². The Kier molecular flexibility index (Phi) is 6.26. The van der Waals surface area contributed by atoms with Crippen molar-refractivity contribution < 1.29 is 19.4 Å². The van der Waals surface area contributed by atoms with Gasteiger partial charge in [0.1, 0.15) is 5.60 Å². The van der Waals surface area contributed by atoms with Crippen LogP contribution in [0.3, 0.4) is 0 Å². The fraction of sp³-hybridized carbons (Fsp3) is 0.417. The molecule has 3 rings (SSSR count). The lowest BCUT2D eigenvalue weighted by Gasteiger charge is -2.32. The van der Waals surface area contributed by atoms with Gasteiger partial charge in [-0.1, -0.05) is 49.2 Å². The van der Waals surface area contributed by atoms with Crippen LogP contribution in [0.4, 0.5) is 4.79 Å². The summed E-state index contributed by atoms with van der Waals surface area (Å²) >= 11 is 0. The second-order valence-corrected chi connectivity index (χ2v) is 8.55. The molecule has 1 amide bonds. The van der Waals surface area contributed by atoms with E-state index in [0.29, 0.717) is 6.54 Å². The molecule has 5 nitrogen and oxygen atoms in total. The molecule has 2 aromatic rings. The van der Waals surface area contributed by atoms with Crippen molar-refractivity contribution in [2.24, 2.45) is 0 Å². The first-order valence-corrected chi connectivity index (χ1v) is 10.2. The van der Waals surface area contributed by atoms with E-state index in [0.717, 1.165) is 42.4 Å². The first-order chi connectivity index (χ1) is 13.7. The third-order valence-electron chi connectivity index (χ3n) is 5.12. The molecule has 0 saturated carbocycles. The molecular weight excluding hydrogens is 366 g/mol. The van der Waals surface area contributed by atoms with Gasteiger partial charge in [-0.15, -0.1) is 0 Å². The number of carbonyl (C=O) groups is 2. The normalized spacial score (nSPS) is 17.5. The molecule has 0 bridgehead atoms. The van der Waals surface area contributed by atoms with Crippen molar-refractivity contribution in [2.75, 3.05) is 6.54 Å². The van der Waals surface area contributed by atoms with Crippen molar-refractivity contribution in [3.8, 4) is 11.1 Å². The Morgan fingerprint density at radius 2 is 1.72 bits per heavy atom. The highest BCUT2D eigenvalue weighted by Gasteiger charge is 2.30. The zero-order valence-corrected chi connectivity index (χ0v) is 17.4. The summed E-state index contributed by atoms with van der Waals surface area (Å²) in [4.78, 5) is 25.9. The van der Waals surface area contributed by atoms with Crippen LogP contribution in [0.2, 0.25) is 0 Å². The van der Waals surface area contributed by atoms with Gasteiger partial charge >= 0.3 is 12.1 Å². The van der Waals surface area contributed by atoms with Crippen molar-refractivity contribution in [1.29, 1.82) is 0 Å². The fourth-order valence-corrected chi connectivity index (χ4v) is 3.72. The Morgan fingerprint density at radius 1 is 1.00 bits per heavy atom. The topological polar surface area (TPSA) is 66.8 Å². The lowest BCUT2D eigenvalue weighted by atomic mass is 9.97. The Bertz CT molecular complexity index is 867. The van der Waals surface area contributed by atoms with Gasteiger partial charge in [0, 0.05) is 6.54 Å². The molecule has 1 aliphatic rings. The van der Waals surface area contributed by atoms with E-state index in [4.69, 9.17) is 4.74 Å². The molecule has 1 saturated heterocycles. The number of carboxylic acids is 1. The van der Waals surface area contributed by atoms with E-state index in [1.54, 1.807) is 18.2 Å². The van der Waals surface area contributed by atoms with Crippen LogP contribution in [-0.4, -0.2) is 34.2 Å². The maximum Gasteiger partial charge on any atom is 0.410 e. The summed E-state index contributed by atoms with van der Waals surface area (Å²) in [5.74, 6) is -0.935. The van der Waals surface area contributed by atoms with Crippen molar-refractivity contribution in [1.82, 2.24) is 4.90 Å². The summed E-state index contributed by atoms with van der Waals surface area (Å²) in [6.07, 6.45) is 3.81. The van der Waals surface area contributed by atoms with Crippen LogP contribution in [0, 0.1) is 0 Å². The number of carboxylic acid groups (broad SMARTS) is 1. The third kappa shape index (κ3) is 5.37. The summed E-state index contributed by atoms with van der Waals surface area (Å²) in [6.45, 7) is 6.36. The summed E-state index contributed by atoms with van der Waals surface area (Å²) in [6, 6.07) is 15.0. The second-order valence-electron chi connectivity index (χ2n) is 8.55. The molecule has 0 aromatic heterocycles. The van der Waals surface area contributed by atoms with Crippen molar-refractivity contribution in [2.45, 2.75) is 58.1 Å². The molecule has 2 aromatic carbocycles. The van der Waals surface area contributed by atoms with Crippen LogP contribution >= 0.6 is 0 Å². The average molecular weight is 395 g/mol. The molecule has 1 unspecified atom stereocenters. The molecule has 0 spiro atoms. The van der Waals surface area contributed by atoms with Crippen molar-refractivity contribution >= 4 is 12.1 Å². The lowest BCUT2D eigenvalue weighted by Crippen LogP contribution is -2.39. The summed E-state index contributed by atoms with van der Waals surface area (Å²) in [5.41, 5.74) is 2.64. The highest BCUT2D eigenvalue weighted by atomic mass is 16.6. The van der Waals surface area contributed by atoms with Crippen LogP contribution in [0.25, 0.3) is 11.1 Å². The monoisotopic (exact) mass is 395 g/mol. The predicted molar refractivity (Wildman–Crippen MR) is 113 cm³/mol. The fourth-order valence-electron chi connectivity index (χ4n) is 3.72. The number of likely N-dealkylation sites (tertiary alicyclic amines) is 1. The molecule has 29 heavy (non-hydrogen) atoms. The minimum atomic E-state index is -0.935. The summed E-state index contributed by atoms with van der Waals surface area (Å²) < 4.78 is 5.64. The summed E-state index contributed by atoms with van der Waals surface area (Å²) in [5, 5.41) is 9.21. The van der Waals surface area contributed by atoms with Gasteiger partial charge in [0.25, 0.3) is 0 Å². The zero-order valence-electron chi connectivity index (χ0n) is 17.4. The highest BCUT2D eigenvalue weighted by Crippen LogP contribution is 2.33. The zero-order chi connectivity index (χ0) is 21.0. The van der Waals surface area contributed by atoms with Gasteiger partial charge in [-0.25, -0.2) is 9.59 Å². The van der Waals surface area contributed by atoms with Gasteiger partial charge < -0.3 is 14.7 Å². The van der Waals surface area contributed by atoms with E-state index in [9.17, 15) is 14.7 Å². The maximum absolute atomic E-state index is 12.8. The highest BCUT2D eigenvalue weighted by molar-refractivity contribution is 5.89. The van der Waals surface area contributed by atoms with Crippen LogP contribution in [-0.2, 0) is 4.74 Å². The number of ether oxygens (including phenoxy) is 1. The van der Waals surface area contributed by atoms with E-state index >= 15 is 0 Å². The van der Waals surface area contributed by atoms with Crippen molar-refractivity contribution in [3.05, 3.63) is 59.7 Å². The molecule has 1 atom stereocenters. The van der Waals surface area contributed by atoms with Gasteiger partial charge in [0.05, 0.1) is 11.6 Å². The first kappa shape index (κ1) is 20.9. The van der Waals surface area contributed by atoms with E-state index < -0.39 is 11.6 Å². The minimum Gasteiger partial charge on any atom is -0.478 e. The molecule has 0 radical (unpaired) electrons. The molecule has 1 N–H and O–H groups in total. The molecule has 0 aliphatic carbocycles. The van der Waals surface area contributed by atoms with E-state index in [2.05, 4.69) is 0 Å². The standard InChI is InChI=1S/C24H29NO4/c1-24(2,3)29-23(28)25-15-6-4-5-10-21(25)18-13-11-17(12-14-18)19-8-7-9-20(16-19)22(26)27/h7-9,11-14,16,21H,4-6,10,15H2,1-3H3,(H,26,27). The smallest absolute Gasteiger partial charge is 0.410 e. The molecule has 1 heterocycles. The number of amides is 1. The number of nitrogens with zero attached hydrogens (tertiary/aromatic N) is 1. The maximum atomic E-state index is 12.8. The van der Waals surface area contributed by atoms with Gasteiger partial charge in [0.15, 0.2) is 0 Å². The Morgan fingerprint density at radius 3 is 2.38 bits per heavy atom. The van der Waals surface area contributed by atoms with Crippen molar-refractivity contribution in [3.63, 3.8) is 0 Å². The number of carbonyl (C=O) groups excluding carboxylic acids is 1. The molecule has 5 heteroatoms. The SMILES string of the molecule is CC(C)(C)OC(=O)N1CCCCCC1c1ccc(-c2cccc(C(=O)O)c2)cc1. The number of benzene rings is 2. The third-order valence-corrected chi connectivity index (χ3v) is 5.12.